The van der Waals surface area contributed by atoms with Crippen LogP contribution in [0.15, 0.2) is 12.1 Å². The molecule has 2 heterocycles. The van der Waals surface area contributed by atoms with Gasteiger partial charge < -0.3 is 19.3 Å². The highest BCUT2D eigenvalue weighted by Crippen LogP contribution is 2.54. The molecule has 0 amide bonds. The Morgan fingerprint density at radius 2 is 1.49 bits per heavy atom. The Bertz CT molecular complexity index is 849. The molecule has 0 N–H and O–H groups in total. The van der Waals surface area contributed by atoms with Crippen molar-refractivity contribution in [2.24, 2.45) is 16.7 Å². The van der Waals surface area contributed by atoms with Gasteiger partial charge in [-0.2, -0.15) is 0 Å². The summed E-state index contributed by atoms with van der Waals surface area (Å²) in [6.45, 7) is 22.2. The van der Waals surface area contributed by atoms with Crippen LogP contribution in [0.4, 0.5) is 11.4 Å². The maximum absolute atomic E-state index is 6.31. The number of hydrogen-bond donors (Lipinski definition) is 0. The second-order valence-corrected chi connectivity index (χ2v) is 13.3. The van der Waals surface area contributed by atoms with Crippen molar-refractivity contribution in [1.82, 2.24) is 4.90 Å². The van der Waals surface area contributed by atoms with E-state index in [1.54, 1.807) is 5.56 Å². The SMILES string of the molecule is CCOc1cc(N2CCN(CC3CC3)CC2)c(C2CC(C)(C)CC(C)(C)C2)cc1N1CCOCC1. The van der Waals surface area contributed by atoms with E-state index in [0.29, 0.717) is 23.4 Å². The van der Waals surface area contributed by atoms with Crippen molar-refractivity contribution in [1.29, 1.82) is 0 Å². The Kier molecular flexibility index (Phi) is 7.29. The van der Waals surface area contributed by atoms with Gasteiger partial charge in [-0.05, 0) is 73.3 Å². The van der Waals surface area contributed by atoms with Gasteiger partial charge in [-0.25, -0.2) is 0 Å². The second-order valence-electron chi connectivity index (χ2n) is 13.3. The molecule has 2 aliphatic heterocycles. The van der Waals surface area contributed by atoms with E-state index in [9.17, 15) is 0 Å². The lowest BCUT2D eigenvalue weighted by atomic mass is 9.60. The third-order valence-electron chi connectivity index (χ3n) is 8.68. The van der Waals surface area contributed by atoms with Gasteiger partial charge in [0.2, 0.25) is 0 Å². The molecule has 1 aromatic carbocycles. The topological polar surface area (TPSA) is 28.2 Å². The van der Waals surface area contributed by atoms with Crippen molar-refractivity contribution in [3.8, 4) is 5.75 Å². The summed E-state index contributed by atoms with van der Waals surface area (Å²) in [6.07, 6.45) is 6.72. The zero-order chi connectivity index (χ0) is 24.6. The van der Waals surface area contributed by atoms with Crippen molar-refractivity contribution in [2.45, 2.75) is 72.6 Å². The molecule has 35 heavy (non-hydrogen) atoms. The Hall–Kier alpha value is -1.46. The molecule has 196 valence electrons. The Morgan fingerprint density at radius 1 is 0.857 bits per heavy atom. The largest absolute Gasteiger partial charge is 0.492 e. The summed E-state index contributed by atoms with van der Waals surface area (Å²) in [6, 6.07) is 4.94. The lowest BCUT2D eigenvalue weighted by Crippen LogP contribution is -2.47. The number of benzene rings is 1. The monoisotopic (exact) mass is 483 g/mol. The van der Waals surface area contributed by atoms with Crippen LogP contribution in [0.1, 0.15) is 78.2 Å². The average Bonchev–Trinajstić information content (AvgIpc) is 3.62. The van der Waals surface area contributed by atoms with Gasteiger partial charge in [0.1, 0.15) is 5.75 Å². The molecule has 4 aliphatic rings. The minimum atomic E-state index is 0.365. The summed E-state index contributed by atoms with van der Waals surface area (Å²) in [5.74, 6) is 2.62. The van der Waals surface area contributed by atoms with Crippen LogP contribution in [-0.2, 0) is 4.74 Å². The van der Waals surface area contributed by atoms with Gasteiger partial charge in [0.15, 0.2) is 0 Å². The summed E-state index contributed by atoms with van der Waals surface area (Å²) >= 11 is 0. The third kappa shape index (κ3) is 6.10. The molecule has 0 radical (unpaired) electrons. The maximum atomic E-state index is 6.31. The minimum Gasteiger partial charge on any atom is -0.492 e. The fourth-order valence-electron chi connectivity index (χ4n) is 7.40. The van der Waals surface area contributed by atoms with Crippen LogP contribution in [0.3, 0.4) is 0 Å². The van der Waals surface area contributed by atoms with E-state index >= 15 is 0 Å². The molecule has 5 rings (SSSR count). The molecule has 1 aromatic rings. The van der Waals surface area contributed by atoms with Gasteiger partial charge in [0.05, 0.1) is 25.5 Å². The molecular formula is C30H49N3O2. The van der Waals surface area contributed by atoms with Gasteiger partial charge >= 0.3 is 0 Å². The molecule has 2 saturated carbocycles. The van der Waals surface area contributed by atoms with E-state index in [2.05, 4.69) is 61.5 Å². The normalized spacial score (nSPS) is 25.6. The van der Waals surface area contributed by atoms with Crippen molar-refractivity contribution in [3.63, 3.8) is 0 Å². The Labute approximate surface area is 214 Å². The van der Waals surface area contributed by atoms with Gasteiger partial charge in [0.25, 0.3) is 0 Å². The van der Waals surface area contributed by atoms with E-state index in [0.717, 1.165) is 51.1 Å². The highest BCUT2D eigenvalue weighted by atomic mass is 16.5. The van der Waals surface area contributed by atoms with Gasteiger partial charge in [-0.15, -0.1) is 0 Å². The Morgan fingerprint density at radius 3 is 2.09 bits per heavy atom. The van der Waals surface area contributed by atoms with Crippen molar-refractivity contribution < 1.29 is 9.47 Å². The molecule has 5 nitrogen and oxygen atoms in total. The van der Waals surface area contributed by atoms with E-state index in [4.69, 9.17) is 9.47 Å². The smallest absolute Gasteiger partial charge is 0.144 e. The van der Waals surface area contributed by atoms with Crippen LogP contribution in [0.2, 0.25) is 0 Å². The van der Waals surface area contributed by atoms with Gasteiger partial charge in [0, 0.05) is 57.6 Å². The van der Waals surface area contributed by atoms with Crippen molar-refractivity contribution in [2.75, 3.05) is 75.4 Å². The van der Waals surface area contributed by atoms with E-state index in [-0.39, 0.29) is 0 Å². The number of rotatable bonds is 7. The highest BCUT2D eigenvalue weighted by molar-refractivity contribution is 5.71. The summed E-state index contributed by atoms with van der Waals surface area (Å²) in [5, 5.41) is 0. The Balaban J connectivity index is 1.50. The lowest BCUT2D eigenvalue weighted by molar-refractivity contribution is 0.0969. The minimum absolute atomic E-state index is 0.365. The molecule has 2 saturated heterocycles. The number of hydrogen-bond acceptors (Lipinski definition) is 5. The fraction of sp³-hybridized carbons (Fsp3) is 0.800. The number of piperazine rings is 1. The predicted molar refractivity (Wildman–Crippen MR) is 146 cm³/mol. The predicted octanol–water partition coefficient (Wildman–Crippen LogP) is 5.77. The van der Waals surface area contributed by atoms with Crippen molar-refractivity contribution >= 4 is 11.4 Å². The maximum Gasteiger partial charge on any atom is 0.144 e. The second kappa shape index (κ2) is 10.1. The zero-order valence-corrected chi connectivity index (χ0v) is 23.1. The first-order valence-corrected chi connectivity index (χ1v) is 14.3. The van der Waals surface area contributed by atoms with Crippen LogP contribution in [0, 0.1) is 16.7 Å². The van der Waals surface area contributed by atoms with E-state index in [1.807, 2.05) is 0 Å². The highest BCUT2D eigenvalue weighted by Gasteiger charge is 2.40. The van der Waals surface area contributed by atoms with Crippen molar-refractivity contribution in [3.05, 3.63) is 17.7 Å². The van der Waals surface area contributed by atoms with E-state index in [1.165, 1.54) is 63.1 Å². The number of ether oxygens (including phenoxy) is 2. The first kappa shape index (κ1) is 25.2. The lowest BCUT2D eigenvalue weighted by Gasteiger charge is -2.47. The molecule has 0 spiro atoms. The molecule has 4 fully saturated rings. The molecule has 5 heteroatoms. The number of morpholine rings is 1. The first-order valence-electron chi connectivity index (χ1n) is 14.3. The fourth-order valence-corrected chi connectivity index (χ4v) is 7.40. The van der Waals surface area contributed by atoms with Crippen LogP contribution in [-0.4, -0.2) is 70.5 Å². The molecule has 2 aliphatic carbocycles. The molecule has 0 bridgehead atoms. The van der Waals surface area contributed by atoms with E-state index < -0.39 is 0 Å². The summed E-state index contributed by atoms with van der Waals surface area (Å²) in [5.41, 5.74) is 5.01. The number of anilines is 2. The average molecular weight is 484 g/mol. The summed E-state index contributed by atoms with van der Waals surface area (Å²) in [7, 11) is 0. The summed E-state index contributed by atoms with van der Waals surface area (Å²) < 4.78 is 12.0. The molecule has 0 atom stereocenters. The van der Waals surface area contributed by atoms with Crippen LogP contribution >= 0.6 is 0 Å². The van der Waals surface area contributed by atoms with Crippen LogP contribution in [0.25, 0.3) is 0 Å². The third-order valence-corrected chi connectivity index (χ3v) is 8.68. The molecular weight excluding hydrogens is 434 g/mol. The molecule has 0 unspecified atom stereocenters. The zero-order valence-electron chi connectivity index (χ0n) is 23.1. The van der Waals surface area contributed by atoms with Crippen LogP contribution in [0.5, 0.6) is 5.75 Å². The van der Waals surface area contributed by atoms with Gasteiger partial charge in [-0.3, -0.25) is 4.90 Å². The number of nitrogens with zero attached hydrogens (tertiary/aromatic N) is 3. The molecule has 0 aromatic heterocycles. The first-order chi connectivity index (χ1) is 16.7. The standard InChI is InChI=1S/C30H49N3O2/c1-6-35-28-18-26(32-11-9-31(10-12-32)21-23-7-8-23)25(17-27(28)33-13-15-34-16-14-33)24-19-29(2,3)22-30(4,5)20-24/h17-18,23-24H,6-16,19-22H2,1-5H3. The quantitative estimate of drug-likeness (QED) is 0.491. The summed E-state index contributed by atoms with van der Waals surface area (Å²) in [4.78, 5) is 7.87. The van der Waals surface area contributed by atoms with Gasteiger partial charge in [-0.1, -0.05) is 27.7 Å². The van der Waals surface area contributed by atoms with Crippen LogP contribution < -0.4 is 14.5 Å².